The van der Waals surface area contributed by atoms with Crippen LogP contribution in [0.3, 0.4) is 0 Å². The summed E-state index contributed by atoms with van der Waals surface area (Å²) in [7, 11) is 5.66. The summed E-state index contributed by atoms with van der Waals surface area (Å²) < 4.78 is 12.8. The van der Waals surface area contributed by atoms with Crippen LogP contribution in [0, 0.1) is 0 Å². The smallest absolute Gasteiger partial charge is 0.194 e. The van der Waals surface area contributed by atoms with Crippen LogP contribution in [0.15, 0.2) is 35.5 Å². The highest BCUT2D eigenvalue weighted by Crippen LogP contribution is 2.19. The molecule has 7 nitrogen and oxygen atoms in total. The van der Waals surface area contributed by atoms with Crippen LogP contribution in [0.1, 0.15) is 37.9 Å². The fraction of sp³-hybridized carbons (Fsp3) is 0.524. The molecular weight excluding hydrogens is 481 g/mol. The Labute approximate surface area is 191 Å². The quantitative estimate of drug-likeness (QED) is 0.239. The zero-order valence-corrected chi connectivity index (χ0v) is 20.6. The number of benzene rings is 1. The van der Waals surface area contributed by atoms with Gasteiger partial charge < -0.3 is 19.7 Å². The average Bonchev–Trinajstić information content (AvgIpc) is 3.05. The van der Waals surface area contributed by atoms with Crippen molar-refractivity contribution >= 4 is 29.9 Å². The lowest BCUT2D eigenvalue weighted by atomic mass is 10.1. The molecule has 0 unspecified atom stereocenters. The highest BCUT2D eigenvalue weighted by Gasteiger charge is 2.15. The van der Waals surface area contributed by atoms with Gasteiger partial charge in [0.15, 0.2) is 5.96 Å². The second-order valence-corrected chi connectivity index (χ2v) is 6.98. The Balaban J connectivity index is 0.00000420. The third kappa shape index (κ3) is 7.75. The van der Waals surface area contributed by atoms with Crippen molar-refractivity contribution < 1.29 is 9.47 Å². The van der Waals surface area contributed by atoms with Crippen LogP contribution >= 0.6 is 24.0 Å². The molecule has 0 aliphatic rings. The van der Waals surface area contributed by atoms with E-state index in [1.54, 1.807) is 7.11 Å². The Hall–Kier alpha value is -1.97. The molecule has 1 N–H and O–H groups in total. The molecule has 2 rings (SSSR count). The van der Waals surface area contributed by atoms with E-state index in [2.05, 4.69) is 42.3 Å². The number of hydrogen-bond donors (Lipinski definition) is 1. The predicted molar refractivity (Wildman–Crippen MR) is 129 cm³/mol. The molecule has 1 aromatic carbocycles. The van der Waals surface area contributed by atoms with Crippen molar-refractivity contribution in [3.8, 4) is 11.5 Å². The minimum atomic E-state index is 0. The van der Waals surface area contributed by atoms with Crippen molar-refractivity contribution in [1.29, 1.82) is 0 Å². The van der Waals surface area contributed by atoms with E-state index in [0.29, 0.717) is 19.1 Å². The minimum absolute atomic E-state index is 0. The van der Waals surface area contributed by atoms with Crippen LogP contribution in [0.25, 0.3) is 0 Å². The number of aliphatic imine (C=N–C) groups is 1. The lowest BCUT2D eigenvalue weighted by Gasteiger charge is -2.22. The van der Waals surface area contributed by atoms with E-state index in [0.717, 1.165) is 36.2 Å². The van der Waals surface area contributed by atoms with E-state index in [1.807, 2.05) is 43.0 Å². The summed E-state index contributed by atoms with van der Waals surface area (Å²) in [6.07, 6.45) is 2.09. The van der Waals surface area contributed by atoms with E-state index in [1.165, 1.54) is 5.56 Å². The van der Waals surface area contributed by atoms with E-state index in [4.69, 9.17) is 14.5 Å². The van der Waals surface area contributed by atoms with E-state index < -0.39 is 0 Å². The van der Waals surface area contributed by atoms with Crippen LogP contribution in [-0.2, 0) is 13.6 Å². The molecule has 8 heteroatoms. The molecule has 0 radical (unpaired) electrons. The van der Waals surface area contributed by atoms with Crippen molar-refractivity contribution in [2.45, 2.75) is 33.2 Å². The van der Waals surface area contributed by atoms with Gasteiger partial charge in [0.1, 0.15) is 18.1 Å². The van der Waals surface area contributed by atoms with Gasteiger partial charge in [0.05, 0.1) is 19.3 Å². The van der Waals surface area contributed by atoms with Gasteiger partial charge in [0.25, 0.3) is 0 Å². The lowest BCUT2D eigenvalue weighted by Crippen LogP contribution is -2.39. The maximum atomic E-state index is 5.76. The van der Waals surface area contributed by atoms with Gasteiger partial charge in [-0.05, 0) is 37.1 Å². The first-order valence-corrected chi connectivity index (χ1v) is 9.73. The number of guanidine groups is 1. The molecule has 0 spiro atoms. The van der Waals surface area contributed by atoms with Crippen LogP contribution in [-0.4, -0.2) is 54.5 Å². The first-order chi connectivity index (χ1) is 13.4. The molecule has 0 aliphatic carbocycles. The topological polar surface area (TPSA) is 63.9 Å². The third-order valence-corrected chi connectivity index (χ3v) is 4.27. The Bertz CT molecular complexity index is 759. The molecule has 1 heterocycles. The number of nitrogens with zero attached hydrogens (tertiary/aromatic N) is 4. The van der Waals surface area contributed by atoms with Gasteiger partial charge in [0.2, 0.25) is 0 Å². The van der Waals surface area contributed by atoms with Gasteiger partial charge >= 0.3 is 0 Å². The van der Waals surface area contributed by atoms with Crippen LogP contribution < -0.4 is 14.8 Å². The van der Waals surface area contributed by atoms with E-state index in [-0.39, 0.29) is 24.0 Å². The molecule has 0 atom stereocenters. The maximum absolute atomic E-state index is 5.76. The summed E-state index contributed by atoms with van der Waals surface area (Å²) in [5.41, 5.74) is 2.35. The van der Waals surface area contributed by atoms with Crippen LogP contribution in [0.4, 0.5) is 0 Å². The molecule has 0 bridgehead atoms. The third-order valence-electron chi connectivity index (χ3n) is 4.27. The Morgan fingerprint density at radius 2 is 1.90 bits per heavy atom. The van der Waals surface area contributed by atoms with Gasteiger partial charge in [-0.25, -0.2) is 4.99 Å². The van der Waals surface area contributed by atoms with Crippen LogP contribution in [0.5, 0.6) is 11.5 Å². The molecule has 0 fully saturated rings. The summed E-state index contributed by atoms with van der Waals surface area (Å²) in [5, 5.41) is 7.94. The van der Waals surface area contributed by atoms with Crippen molar-refractivity contribution in [2.75, 3.05) is 33.9 Å². The zero-order chi connectivity index (χ0) is 20.5. The molecule has 0 saturated carbocycles. The molecule has 29 heavy (non-hydrogen) atoms. The Kier molecular flexibility index (Phi) is 10.9. The Morgan fingerprint density at radius 3 is 2.48 bits per heavy atom. The van der Waals surface area contributed by atoms with Crippen LogP contribution in [0.2, 0.25) is 0 Å². The molecule has 1 aromatic heterocycles. The Morgan fingerprint density at radius 1 is 1.24 bits per heavy atom. The summed E-state index contributed by atoms with van der Waals surface area (Å²) in [6, 6.07) is 7.57. The lowest BCUT2D eigenvalue weighted by molar-refractivity contribution is 0.326. The van der Waals surface area contributed by atoms with Crippen molar-refractivity contribution in [3.63, 3.8) is 0 Å². The number of nitrogens with one attached hydrogen (secondary N) is 1. The van der Waals surface area contributed by atoms with E-state index in [9.17, 15) is 0 Å². The molecule has 0 aliphatic heterocycles. The van der Waals surface area contributed by atoms with Gasteiger partial charge in [-0.1, -0.05) is 13.8 Å². The van der Waals surface area contributed by atoms with Gasteiger partial charge in [-0.15, -0.1) is 24.0 Å². The summed E-state index contributed by atoms with van der Waals surface area (Å²) in [6.45, 7) is 9.06. The monoisotopic (exact) mass is 515 g/mol. The maximum Gasteiger partial charge on any atom is 0.194 e. The second kappa shape index (κ2) is 12.6. The normalized spacial score (nSPS) is 11.2. The fourth-order valence-corrected chi connectivity index (χ4v) is 2.95. The predicted octanol–water partition coefficient (Wildman–Crippen LogP) is 3.65. The molecule has 162 valence electrons. The highest BCUT2D eigenvalue weighted by molar-refractivity contribution is 14.0. The van der Waals surface area contributed by atoms with Gasteiger partial charge in [-0.2, -0.15) is 5.10 Å². The van der Waals surface area contributed by atoms with Crippen molar-refractivity contribution in [1.82, 2.24) is 20.0 Å². The first-order valence-electron chi connectivity index (χ1n) is 9.73. The minimum Gasteiger partial charge on any atom is -0.497 e. The summed E-state index contributed by atoms with van der Waals surface area (Å²) in [4.78, 5) is 6.82. The largest absolute Gasteiger partial charge is 0.497 e. The first kappa shape index (κ1) is 25.1. The van der Waals surface area contributed by atoms with Gasteiger partial charge in [0, 0.05) is 38.9 Å². The molecular formula is C21H34IN5O2. The summed E-state index contributed by atoms with van der Waals surface area (Å²) in [5.74, 6) is 2.88. The number of methoxy groups -OCH3 is 1. The fourth-order valence-electron chi connectivity index (χ4n) is 2.95. The number of aromatic nitrogens is 2. The standard InChI is InChI=1S/C21H33N5O2.HI/c1-7-22-21(23-12-13-28-19-10-8-18(27-6)9-11-19)25(4)14-17-15-26(5)24-20(17)16(2)3;/h8-11,15-16H,7,12-14H2,1-6H3,(H,22,23);1H. The second-order valence-electron chi connectivity index (χ2n) is 6.98. The number of halogens is 1. The highest BCUT2D eigenvalue weighted by atomic mass is 127. The van der Waals surface area contributed by atoms with Gasteiger partial charge in [-0.3, -0.25) is 4.68 Å². The number of hydrogen-bond acceptors (Lipinski definition) is 4. The SMILES string of the molecule is CCNC(=NCCOc1ccc(OC)cc1)N(C)Cc1cn(C)nc1C(C)C.I. The summed E-state index contributed by atoms with van der Waals surface area (Å²) >= 11 is 0. The molecule has 2 aromatic rings. The van der Waals surface area contributed by atoms with Crippen molar-refractivity contribution in [3.05, 3.63) is 41.7 Å². The molecule has 0 saturated heterocycles. The van der Waals surface area contributed by atoms with Crippen molar-refractivity contribution in [2.24, 2.45) is 12.0 Å². The average molecular weight is 515 g/mol. The zero-order valence-electron chi connectivity index (χ0n) is 18.3. The number of rotatable bonds is 9. The number of ether oxygens (including phenoxy) is 2. The van der Waals surface area contributed by atoms with E-state index >= 15 is 0 Å². The molecule has 0 amide bonds. The number of aryl methyl sites for hydroxylation is 1.